The number of carboxylic acid groups (broad SMARTS) is 1. The first-order chi connectivity index (χ1) is 8.81. The average molecular weight is 294 g/mol. The SMILES string of the molecule is CCO[Si](CC[N+](C)(C)CCC(=O)O)(OC)OCC. The standard InChI is InChI=1S/C12H27NO5Si/c1-6-17-19(16-5,18-7-2)11-10-13(3,4)9-8-12(14)15/h6-11H2,1-5H3/p+1. The van der Waals surface area contributed by atoms with Gasteiger partial charge in [-0.05, 0) is 13.8 Å². The molecule has 0 fully saturated rings. The van der Waals surface area contributed by atoms with Gasteiger partial charge in [0, 0.05) is 20.3 Å². The van der Waals surface area contributed by atoms with Crippen LogP contribution >= 0.6 is 0 Å². The molecule has 0 saturated heterocycles. The highest BCUT2D eigenvalue weighted by Gasteiger charge is 2.41. The number of nitrogens with zero attached hydrogens (tertiary/aromatic N) is 1. The van der Waals surface area contributed by atoms with Gasteiger partial charge in [0.15, 0.2) is 0 Å². The summed E-state index contributed by atoms with van der Waals surface area (Å²) < 4.78 is 17.5. The Bertz CT molecular complexity index is 267. The van der Waals surface area contributed by atoms with Crippen LogP contribution in [-0.4, -0.2) is 71.9 Å². The van der Waals surface area contributed by atoms with E-state index in [1.165, 1.54) is 0 Å². The second-order valence-electron chi connectivity index (χ2n) is 5.03. The van der Waals surface area contributed by atoms with Crippen LogP contribution in [-0.2, 0) is 18.1 Å². The van der Waals surface area contributed by atoms with Crippen molar-refractivity contribution in [3.63, 3.8) is 0 Å². The van der Waals surface area contributed by atoms with Crippen molar-refractivity contribution >= 4 is 14.8 Å². The largest absolute Gasteiger partial charge is 0.506 e. The van der Waals surface area contributed by atoms with E-state index >= 15 is 0 Å². The number of aliphatic carboxylic acids is 1. The topological polar surface area (TPSA) is 65.0 Å². The molecule has 0 amide bonds. The van der Waals surface area contributed by atoms with E-state index in [4.69, 9.17) is 18.4 Å². The van der Waals surface area contributed by atoms with E-state index in [0.29, 0.717) is 30.3 Å². The smallest absolute Gasteiger partial charge is 0.481 e. The fourth-order valence-corrected chi connectivity index (χ4v) is 4.37. The van der Waals surface area contributed by atoms with Gasteiger partial charge in [0.05, 0.1) is 39.6 Å². The number of rotatable bonds is 11. The Kier molecular flexibility index (Phi) is 8.43. The second-order valence-corrected chi connectivity index (χ2v) is 7.88. The van der Waals surface area contributed by atoms with E-state index in [2.05, 4.69) is 0 Å². The van der Waals surface area contributed by atoms with Gasteiger partial charge >= 0.3 is 14.8 Å². The molecule has 6 nitrogen and oxygen atoms in total. The zero-order valence-corrected chi connectivity index (χ0v) is 13.8. The van der Waals surface area contributed by atoms with Crippen molar-refractivity contribution in [3.05, 3.63) is 0 Å². The average Bonchev–Trinajstić information content (AvgIpc) is 2.34. The molecule has 0 rings (SSSR count). The van der Waals surface area contributed by atoms with E-state index < -0.39 is 14.8 Å². The lowest BCUT2D eigenvalue weighted by molar-refractivity contribution is -0.888. The molecular formula is C12H28NO5Si+. The summed E-state index contributed by atoms with van der Waals surface area (Å²) in [7, 11) is 3.04. The van der Waals surface area contributed by atoms with Gasteiger partial charge in [-0.3, -0.25) is 4.79 Å². The van der Waals surface area contributed by atoms with Crippen molar-refractivity contribution in [1.29, 1.82) is 0 Å². The number of quaternary nitrogens is 1. The predicted octanol–water partition coefficient (Wildman–Crippen LogP) is 1.20. The fourth-order valence-electron chi connectivity index (χ4n) is 1.80. The van der Waals surface area contributed by atoms with Crippen LogP contribution in [0.15, 0.2) is 0 Å². The van der Waals surface area contributed by atoms with Gasteiger partial charge in [0.25, 0.3) is 0 Å². The fraction of sp³-hybridized carbons (Fsp3) is 0.917. The Balaban J connectivity index is 4.47. The normalized spacial score (nSPS) is 12.7. The maximum atomic E-state index is 10.6. The molecule has 0 heterocycles. The number of hydrogen-bond donors (Lipinski definition) is 1. The first-order valence-corrected chi connectivity index (χ1v) is 8.61. The van der Waals surface area contributed by atoms with Crippen LogP contribution in [0, 0.1) is 0 Å². The molecule has 0 bridgehead atoms. The lowest BCUT2D eigenvalue weighted by Gasteiger charge is -2.33. The van der Waals surface area contributed by atoms with E-state index in [1.54, 1.807) is 7.11 Å². The summed E-state index contributed by atoms with van der Waals surface area (Å²) in [4.78, 5) is 10.6. The van der Waals surface area contributed by atoms with Crippen LogP contribution in [0.5, 0.6) is 0 Å². The summed E-state index contributed by atoms with van der Waals surface area (Å²) >= 11 is 0. The van der Waals surface area contributed by atoms with Crippen LogP contribution < -0.4 is 0 Å². The molecule has 0 aromatic heterocycles. The predicted molar refractivity (Wildman–Crippen MR) is 74.9 cm³/mol. The molecule has 0 unspecified atom stereocenters. The minimum atomic E-state index is -2.60. The van der Waals surface area contributed by atoms with Gasteiger partial charge in [-0.2, -0.15) is 0 Å². The maximum Gasteiger partial charge on any atom is 0.506 e. The highest BCUT2D eigenvalue weighted by Crippen LogP contribution is 2.17. The number of carbonyl (C=O) groups is 1. The minimum Gasteiger partial charge on any atom is -0.481 e. The van der Waals surface area contributed by atoms with Crippen molar-refractivity contribution < 1.29 is 27.7 Å². The molecule has 0 aliphatic heterocycles. The molecule has 7 heteroatoms. The molecule has 0 atom stereocenters. The third-order valence-corrected chi connectivity index (χ3v) is 5.91. The molecule has 19 heavy (non-hydrogen) atoms. The van der Waals surface area contributed by atoms with Crippen molar-refractivity contribution in [2.24, 2.45) is 0 Å². The Hall–Kier alpha value is -0.473. The molecule has 0 spiro atoms. The lowest BCUT2D eigenvalue weighted by atomic mass is 10.3. The summed E-state index contributed by atoms with van der Waals surface area (Å²) in [5.74, 6) is -0.768. The number of hydrogen-bond acceptors (Lipinski definition) is 4. The Labute approximate surface area is 117 Å². The van der Waals surface area contributed by atoms with E-state index in [-0.39, 0.29) is 6.42 Å². The highest BCUT2D eigenvalue weighted by molar-refractivity contribution is 6.60. The molecule has 0 aliphatic carbocycles. The lowest BCUT2D eigenvalue weighted by Crippen LogP contribution is -2.51. The molecule has 0 aromatic rings. The summed E-state index contributed by atoms with van der Waals surface area (Å²) in [5, 5.41) is 8.74. The van der Waals surface area contributed by atoms with Crippen LogP contribution in [0.3, 0.4) is 0 Å². The highest BCUT2D eigenvalue weighted by atomic mass is 28.4. The van der Waals surface area contributed by atoms with Crippen molar-refractivity contribution in [3.8, 4) is 0 Å². The summed E-state index contributed by atoms with van der Waals surface area (Å²) in [6, 6.07) is 0.692. The monoisotopic (exact) mass is 294 g/mol. The third kappa shape index (κ3) is 7.63. The zero-order valence-electron chi connectivity index (χ0n) is 12.8. The molecule has 1 N–H and O–H groups in total. The summed E-state index contributed by atoms with van der Waals surface area (Å²) in [6.07, 6.45) is 0.164. The van der Waals surface area contributed by atoms with Crippen LogP contribution in [0.25, 0.3) is 0 Å². The van der Waals surface area contributed by atoms with Gasteiger partial charge < -0.3 is 22.9 Å². The summed E-state index contributed by atoms with van der Waals surface area (Å²) in [6.45, 7) is 6.31. The van der Waals surface area contributed by atoms with E-state index in [9.17, 15) is 4.79 Å². The zero-order chi connectivity index (χ0) is 14.9. The Morgan fingerprint density at radius 2 is 1.68 bits per heavy atom. The van der Waals surface area contributed by atoms with Crippen LogP contribution in [0.4, 0.5) is 0 Å². The van der Waals surface area contributed by atoms with E-state index in [1.807, 2.05) is 27.9 Å². The quantitative estimate of drug-likeness (QED) is 0.458. The van der Waals surface area contributed by atoms with E-state index in [0.717, 1.165) is 6.54 Å². The molecule has 114 valence electrons. The number of carboxylic acids is 1. The summed E-state index contributed by atoms with van der Waals surface area (Å²) in [5.41, 5.74) is 0. The molecule has 0 aromatic carbocycles. The Morgan fingerprint density at radius 1 is 1.16 bits per heavy atom. The minimum absolute atomic E-state index is 0.164. The third-order valence-electron chi connectivity index (χ3n) is 2.99. The second kappa shape index (κ2) is 8.65. The van der Waals surface area contributed by atoms with Crippen LogP contribution in [0.2, 0.25) is 6.04 Å². The first kappa shape index (κ1) is 18.5. The van der Waals surface area contributed by atoms with Crippen LogP contribution in [0.1, 0.15) is 20.3 Å². The maximum absolute atomic E-state index is 10.6. The van der Waals surface area contributed by atoms with Gasteiger partial charge in [0.2, 0.25) is 0 Å². The Morgan fingerprint density at radius 3 is 2.05 bits per heavy atom. The molecule has 0 radical (unpaired) electrons. The van der Waals surface area contributed by atoms with Crippen molar-refractivity contribution in [2.75, 3.05) is 47.5 Å². The van der Waals surface area contributed by atoms with Crippen molar-refractivity contribution in [2.45, 2.75) is 26.3 Å². The van der Waals surface area contributed by atoms with Gasteiger partial charge in [-0.1, -0.05) is 0 Å². The molecule has 0 saturated carbocycles. The molecular weight excluding hydrogens is 266 g/mol. The van der Waals surface area contributed by atoms with Gasteiger partial charge in [-0.25, -0.2) is 0 Å². The van der Waals surface area contributed by atoms with Gasteiger partial charge in [0.1, 0.15) is 0 Å². The first-order valence-electron chi connectivity index (χ1n) is 6.67. The van der Waals surface area contributed by atoms with Gasteiger partial charge in [-0.15, -0.1) is 0 Å². The van der Waals surface area contributed by atoms with Crippen molar-refractivity contribution in [1.82, 2.24) is 0 Å². The molecule has 0 aliphatic rings.